The molecule has 0 saturated carbocycles. The molecule has 0 aliphatic rings. The summed E-state index contributed by atoms with van der Waals surface area (Å²) in [5.74, 6) is 2.48. The minimum atomic E-state index is -0.237. The second-order valence-electron chi connectivity index (χ2n) is 4.69. The van der Waals surface area contributed by atoms with Crippen molar-refractivity contribution in [2.45, 2.75) is 26.8 Å². The van der Waals surface area contributed by atoms with Crippen LogP contribution in [0.5, 0.6) is 5.75 Å². The maximum absolute atomic E-state index is 6.01. The number of aryl methyl sites for hydroxylation is 3. The van der Waals surface area contributed by atoms with Gasteiger partial charge in [-0.1, -0.05) is 6.07 Å². The molecule has 2 rings (SSSR count). The van der Waals surface area contributed by atoms with Gasteiger partial charge in [-0.15, -0.1) is 0 Å². The summed E-state index contributed by atoms with van der Waals surface area (Å²) >= 11 is 0. The zero-order valence-corrected chi connectivity index (χ0v) is 11.1. The summed E-state index contributed by atoms with van der Waals surface area (Å²) < 4.78 is 11.2. The molecule has 0 aliphatic carbocycles. The van der Waals surface area contributed by atoms with Crippen LogP contribution in [0.2, 0.25) is 0 Å². The standard InChI is InChI=1S/C15H19NO2/c1-10-6-11(2)8-13(7-10)17-9-14(16)15-5-4-12(3)18-15/h4-8,14H,9,16H2,1-3H3. The van der Waals surface area contributed by atoms with Crippen molar-refractivity contribution in [2.75, 3.05) is 6.61 Å². The average Bonchev–Trinajstić information content (AvgIpc) is 2.71. The quantitative estimate of drug-likeness (QED) is 0.899. The average molecular weight is 245 g/mol. The first-order chi connectivity index (χ1) is 8.54. The largest absolute Gasteiger partial charge is 0.491 e. The second-order valence-corrected chi connectivity index (χ2v) is 4.69. The molecule has 0 fully saturated rings. The fourth-order valence-electron chi connectivity index (χ4n) is 1.94. The molecule has 0 spiro atoms. The third-order valence-electron chi connectivity index (χ3n) is 2.75. The van der Waals surface area contributed by atoms with Crippen LogP contribution in [0, 0.1) is 20.8 Å². The van der Waals surface area contributed by atoms with Crippen molar-refractivity contribution in [3.63, 3.8) is 0 Å². The van der Waals surface area contributed by atoms with E-state index < -0.39 is 0 Å². The summed E-state index contributed by atoms with van der Waals surface area (Å²) in [5.41, 5.74) is 8.39. The van der Waals surface area contributed by atoms with Gasteiger partial charge in [0, 0.05) is 0 Å². The van der Waals surface area contributed by atoms with E-state index in [-0.39, 0.29) is 6.04 Å². The van der Waals surface area contributed by atoms with Crippen molar-refractivity contribution in [1.82, 2.24) is 0 Å². The van der Waals surface area contributed by atoms with Gasteiger partial charge < -0.3 is 14.9 Å². The molecule has 18 heavy (non-hydrogen) atoms. The van der Waals surface area contributed by atoms with Crippen molar-refractivity contribution >= 4 is 0 Å². The summed E-state index contributed by atoms with van der Waals surface area (Å²) in [5, 5.41) is 0. The normalized spacial score (nSPS) is 12.4. The second kappa shape index (κ2) is 5.27. The Bertz CT molecular complexity index is 511. The molecule has 1 aromatic heterocycles. The third-order valence-corrected chi connectivity index (χ3v) is 2.75. The first kappa shape index (κ1) is 12.7. The fraction of sp³-hybridized carbons (Fsp3) is 0.333. The molecule has 1 heterocycles. The number of furan rings is 1. The lowest BCUT2D eigenvalue weighted by Gasteiger charge is -2.12. The van der Waals surface area contributed by atoms with Crippen LogP contribution in [0.3, 0.4) is 0 Å². The van der Waals surface area contributed by atoms with Crippen LogP contribution in [0.4, 0.5) is 0 Å². The van der Waals surface area contributed by atoms with Crippen molar-refractivity contribution in [2.24, 2.45) is 5.73 Å². The van der Waals surface area contributed by atoms with Gasteiger partial charge in [-0.3, -0.25) is 0 Å². The van der Waals surface area contributed by atoms with Crippen molar-refractivity contribution < 1.29 is 9.15 Å². The molecule has 0 radical (unpaired) electrons. The first-order valence-corrected chi connectivity index (χ1v) is 6.07. The molecule has 2 aromatic rings. The molecule has 1 atom stereocenters. The Labute approximate surface area is 108 Å². The molecule has 0 bridgehead atoms. The van der Waals surface area contributed by atoms with Crippen LogP contribution >= 0.6 is 0 Å². The molecule has 0 aliphatic heterocycles. The van der Waals surface area contributed by atoms with Gasteiger partial charge in [0.1, 0.15) is 23.9 Å². The SMILES string of the molecule is Cc1cc(C)cc(OCC(N)c2ccc(C)o2)c1. The van der Waals surface area contributed by atoms with Gasteiger partial charge in [0.2, 0.25) is 0 Å². The fourth-order valence-corrected chi connectivity index (χ4v) is 1.94. The van der Waals surface area contributed by atoms with Crippen molar-refractivity contribution in [1.29, 1.82) is 0 Å². The zero-order chi connectivity index (χ0) is 13.1. The van der Waals surface area contributed by atoms with Gasteiger partial charge in [0.05, 0.1) is 6.04 Å². The maximum atomic E-state index is 6.01. The molecule has 1 unspecified atom stereocenters. The highest BCUT2D eigenvalue weighted by Crippen LogP contribution is 2.19. The molecule has 0 amide bonds. The van der Waals surface area contributed by atoms with Crippen molar-refractivity contribution in [3.05, 3.63) is 53.0 Å². The van der Waals surface area contributed by atoms with Gasteiger partial charge in [-0.2, -0.15) is 0 Å². The molecular weight excluding hydrogens is 226 g/mol. The molecule has 2 N–H and O–H groups in total. The Morgan fingerprint density at radius 3 is 2.33 bits per heavy atom. The molecule has 96 valence electrons. The summed E-state index contributed by atoms with van der Waals surface area (Å²) in [6.07, 6.45) is 0. The van der Waals surface area contributed by atoms with Crippen LogP contribution in [0.25, 0.3) is 0 Å². The van der Waals surface area contributed by atoms with E-state index in [1.165, 1.54) is 11.1 Å². The van der Waals surface area contributed by atoms with E-state index in [9.17, 15) is 0 Å². The predicted octanol–water partition coefficient (Wildman–Crippen LogP) is 3.28. The van der Waals surface area contributed by atoms with Gasteiger partial charge in [-0.25, -0.2) is 0 Å². The van der Waals surface area contributed by atoms with Gasteiger partial charge >= 0.3 is 0 Å². The summed E-state index contributed by atoms with van der Waals surface area (Å²) in [4.78, 5) is 0. The van der Waals surface area contributed by atoms with Gasteiger partial charge in [0.25, 0.3) is 0 Å². The Morgan fingerprint density at radius 2 is 1.78 bits per heavy atom. The smallest absolute Gasteiger partial charge is 0.124 e. The highest BCUT2D eigenvalue weighted by atomic mass is 16.5. The number of nitrogens with two attached hydrogens (primary N) is 1. The summed E-state index contributed by atoms with van der Waals surface area (Å²) in [7, 11) is 0. The van der Waals surface area contributed by atoms with Crippen LogP contribution in [0.15, 0.2) is 34.7 Å². The van der Waals surface area contributed by atoms with E-state index in [0.717, 1.165) is 17.3 Å². The lowest BCUT2D eigenvalue weighted by atomic mass is 10.1. The molecule has 3 nitrogen and oxygen atoms in total. The Balaban J connectivity index is 1.99. The minimum absolute atomic E-state index is 0.237. The lowest BCUT2D eigenvalue weighted by molar-refractivity contribution is 0.271. The van der Waals surface area contributed by atoms with Gasteiger partial charge in [0.15, 0.2) is 0 Å². The number of hydrogen-bond donors (Lipinski definition) is 1. The van der Waals surface area contributed by atoms with Crippen LogP contribution in [-0.4, -0.2) is 6.61 Å². The van der Waals surface area contributed by atoms with E-state index in [1.807, 2.05) is 31.2 Å². The lowest BCUT2D eigenvalue weighted by Crippen LogP contribution is -2.18. The molecule has 0 saturated heterocycles. The monoisotopic (exact) mass is 245 g/mol. The highest BCUT2D eigenvalue weighted by molar-refractivity contribution is 5.33. The first-order valence-electron chi connectivity index (χ1n) is 6.07. The van der Waals surface area contributed by atoms with Crippen LogP contribution in [0.1, 0.15) is 28.7 Å². The number of hydrogen-bond acceptors (Lipinski definition) is 3. The highest BCUT2D eigenvalue weighted by Gasteiger charge is 2.11. The topological polar surface area (TPSA) is 48.4 Å². The minimum Gasteiger partial charge on any atom is -0.491 e. The van der Waals surface area contributed by atoms with E-state index in [0.29, 0.717) is 6.61 Å². The zero-order valence-electron chi connectivity index (χ0n) is 11.1. The molecule has 3 heteroatoms. The Kier molecular flexibility index (Phi) is 3.72. The molecule has 1 aromatic carbocycles. The molecular formula is C15H19NO2. The van der Waals surface area contributed by atoms with E-state index >= 15 is 0 Å². The van der Waals surface area contributed by atoms with E-state index in [1.54, 1.807) is 0 Å². The van der Waals surface area contributed by atoms with Crippen LogP contribution < -0.4 is 10.5 Å². The van der Waals surface area contributed by atoms with Gasteiger partial charge in [-0.05, 0) is 56.2 Å². The number of benzene rings is 1. The summed E-state index contributed by atoms with van der Waals surface area (Å²) in [6.45, 7) is 6.42. The Hall–Kier alpha value is -1.74. The van der Waals surface area contributed by atoms with Crippen molar-refractivity contribution in [3.8, 4) is 5.75 Å². The van der Waals surface area contributed by atoms with E-state index in [2.05, 4.69) is 19.9 Å². The third kappa shape index (κ3) is 3.14. The summed E-state index contributed by atoms with van der Waals surface area (Å²) in [6, 6.07) is 9.69. The Morgan fingerprint density at radius 1 is 1.11 bits per heavy atom. The predicted molar refractivity (Wildman–Crippen MR) is 71.8 cm³/mol. The number of ether oxygens (including phenoxy) is 1. The number of rotatable bonds is 4. The maximum Gasteiger partial charge on any atom is 0.124 e. The van der Waals surface area contributed by atoms with Crippen LogP contribution in [-0.2, 0) is 0 Å². The van der Waals surface area contributed by atoms with E-state index in [4.69, 9.17) is 14.9 Å².